The van der Waals surface area contributed by atoms with Crippen LogP contribution in [0.3, 0.4) is 0 Å². The zero-order valence-electron chi connectivity index (χ0n) is 9.62. The predicted octanol–water partition coefficient (Wildman–Crippen LogP) is 1.97. The fraction of sp³-hybridized carbons (Fsp3) is 0.364. The van der Waals surface area contributed by atoms with E-state index in [1.54, 1.807) is 0 Å². The van der Waals surface area contributed by atoms with Crippen molar-refractivity contribution in [1.29, 1.82) is 0 Å². The van der Waals surface area contributed by atoms with Crippen molar-refractivity contribution in [3.8, 4) is 5.75 Å². The number of carbonyl (C=O) groups excluding carboxylic acids is 1. The van der Waals surface area contributed by atoms with Gasteiger partial charge in [0.25, 0.3) is 0 Å². The van der Waals surface area contributed by atoms with Crippen LogP contribution in [0.5, 0.6) is 5.75 Å². The summed E-state index contributed by atoms with van der Waals surface area (Å²) in [6.45, 7) is 1.18. The monoisotopic (exact) mass is 264 g/mol. The summed E-state index contributed by atoms with van der Waals surface area (Å²) in [5, 5.41) is 9.84. The van der Waals surface area contributed by atoms with E-state index in [9.17, 15) is 23.1 Å². The first-order valence-corrected chi connectivity index (χ1v) is 4.84. The number of rotatable bonds is 3. The minimum Gasteiger partial charge on any atom is -0.467 e. The fourth-order valence-electron chi connectivity index (χ4n) is 1.30. The van der Waals surface area contributed by atoms with Crippen molar-refractivity contribution in [3.63, 3.8) is 0 Å². The van der Waals surface area contributed by atoms with E-state index in [4.69, 9.17) is 0 Å². The number of hydrogen-bond donors (Lipinski definition) is 1. The van der Waals surface area contributed by atoms with Gasteiger partial charge in [-0.1, -0.05) is 12.1 Å². The molecule has 4 nitrogen and oxygen atoms in total. The molecule has 0 bridgehead atoms. The van der Waals surface area contributed by atoms with Crippen LogP contribution in [0.15, 0.2) is 24.3 Å². The van der Waals surface area contributed by atoms with E-state index in [-0.39, 0.29) is 5.56 Å². The Morgan fingerprint density at radius 2 is 1.72 bits per heavy atom. The topological polar surface area (TPSA) is 55.8 Å². The quantitative estimate of drug-likeness (QED) is 0.848. The molecule has 100 valence electrons. The molecular formula is C11H11F3O4. The van der Waals surface area contributed by atoms with Gasteiger partial charge in [0.1, 0.15) is 5.75 Å². The number of methoxy groups -OCH3 is 1. The molecule has 0 radical (unpaired) electrons. The lowest BCUT2D eigenvalue weighted by Gasteiger charge is -2.20. The summed E-state index contributed by atoms with van der Waals surface area (Å²) in [5.74, 6) is -1.35. The van der Waals surface area contributed by atoms with Gasteiger partial charge in [-0.3, -0.25) is 0 Å². The Hall–Kier alpha value is -1.76. The first-order chi connectivity index (χ1) is 8.16. The number of alkyl halides is 3. The van der Waals surface area contributed by atoms with E-state index in [0.29, 0.717) is 0 Å². The molecule has 0 aliphatic carbocycles. The molecule has 0 saturated heterocycles. The third-order valence-corrected chi connectivity index (χ3v) is 2.23. The predicted molar refractivity (Wildman–Crippen MR) is 54.7 cm³/mol. The van der Waals surface area contributed by atoms with Crippen molar-refractivity contribution in [1.82, 2.24) is 0 Å². The lowest BCUT2D eigenvalue weighted by Crippen LogP contribution is -2.33. The van der Waals surface area contributed by atoms with Gasteiger partial charge < -0.3 is 14.6 Å². The number of esters is 1. The molecule has 0 fully saturated rings. The number of hydrogen-bond acceptors (Lipinski definition) is 4. The van der Waals surface area contributed by atoms with Crippen molar-refractivity contribution in [2.24, 2.45) is 0 Å². The van der Waals surface area contributed by atoms with Crippen LogP contribution in [0.1, 0.15) is 12.5 Å². The highest BCUT2D eigenvalue weighted by atomic mass is 19.4. The smallest absolute Gasteiger partial charge is 0.467 e. The molecule has 0 aromatic heterocycles. The van der Waals surface area contributed by atoms with Crippen LogP contribution in [-0.4, -0.2) is 24.5 Å². The van der Waals surface area contributed by atoms with E-state index in [1.165, 1.54) is 6.92 Å². The van der Waals surface area contributed by atoms with Gasteiger partial charge in [0.2, 0.25) is 0 Å². The molecule has 0 aliphatic rings. The van der Waals surface area contributed by atoms with Gasteiger partial charge in [-0.15, -0.1) is 13.2 Å². The lowest BCUT2D eigenvalue weighted by atomic mass is 9.96. The SMILES string of the molecule is COC(=O)C(C)(O)c1ccc(OC(F)(F)F)cc1. The molecule has 7 heteroatoms. The van der Waals surface area contributed by atoms with Crippen molar-refractivity contribution >= 4 is 5.97 Å². The zero-order chi connectivity index (χ0) is 14.0. The average molecular weight is 264 g/mol. The molecule has 1 rings (SSSR count). The Morgan fingerprint density at radius 3 is 2.11 bits per heavy atom. The minimum atomic E-state index is -4.79. The molecule has 0 heterocycles. The Bertz CT molecular complexity index is 423. The maximum atomic E-state index is 11.9. The highest BCUT2D eigenvalue weighted by Crippen LogP contribution is 2.27. The Kier molecular flexibility index (Phi) is 3.85. The van der Waals surface area contributed by atoms with Crippen LogP contribution < -0.4 is 4.74 Å². The second kappa shape index (κ2) is 4.85. The molecule has 0 amide bonds. The normalized spacial score (nSPS) is 14.8. The van der Waals surface area contributed by atoms with E-state index >= 15 is 0 Å². The first kappa shape index (κ1) is 14.3. The van der Waals surface area contributed by atoms with Crippen molar-refractivity contribution in [3.05, 3.63) is 29.8 Å². The third-order valence-electron chi connectivity index (χ3n) is 2.23. The highest BCUT2D eigenvalue weighted by molar-refractivity contribution is 5.80. The summed E-state index contributed by atoms with van der Waals surface area (Å²) in [7, 11) is 1.10. The van der Waals surface area contributed by atoms with Crippen LogP contribution in [0, 0.1) is 0 Å². The highest BCUT2D eigenvalue weighted by Gasteiger charge is 2.34. The molecule has 0 aliphatic heterocycles. The third kappa shape index (κ3) is 3.36. The molecule has 0 saturated carbocycles. The maximum absolute atomic E-state index is 11.9. The number of ether oxygens (including phenoxy) is 2. The van der Waals surface area contributed by atoms with Gasteiger partial charge >= 0.3 is 12.3 Å². The van der Waals surface area contributed by atoms with Crippen LogP contribution in [-0.2, 0) is 15.1 Å². The molecule has 1 atom stereocenters. The standard InChI is InChI=1S/C11H11F3O4/c1-10(16,9(15)17-2)7-3-5-8(6-4-7)18-11(12,13)14/h3-6,16H,1-2H3. The Labute approximate surface area is 101 Å². The summed E-state index contributed by atoms with van der Waals surface area (Å²) in [5.41, 5.74) is -1.82. The van der Waals surface area contributed by atoms with Crippen LogP contribution in [0.4, 0.5) is 13.2 Å². The van der Waals surface area contributed by atoms with Crippen molar-refractivity contribution < 1.29 is 32.5 Å². The molecule has 1 unspecified atom stereocenters. The molecule has 1 aromatic rings. The van der Waals surface area contributed by atoms with Gasteiger partial charge in [0.15, 0.2) is 5.60 Å². The van der Waals surface area contributed by atoms with Crippen LogP contribution in [0.25, 0.3) is 0 Å². The van der Waals surface area contributed by atoms with Gasteiger partial charge in [0.05, 0.1) is 7.11 Å². The maximum Gasteiger partial charge on any atom is 0.573 e. The van der Waals surface area contributed by atoms with Gasteiger partial charge in [0, 0.05) is 0 Å². The number of benzene rings is 1. The van der Waals surface area contributed by atoms with E-state index in [2.05, 4.69) is 9.47 Å². The largest absolute Gasteiger partial charge is 0.573 e. The van der Waals surface area contributed by atoms with Gasteiger partial charge in [-0.2, -0.15) is 0 Å². The summed E-state index contributed by atoms with van der Waals surface area (Å²) in [4.78, 5) is 11.3. The average Bonchev–Trinajstić information content (AvgIpc) is 2.26. The number of halogens is 3. The molecule has 1 N–H and O–H groups in total. The number of carbonyl (C=O) groups is 1. The van der Waals surface area contributed by atoms with Gasteiger partial charge in [-0.25, -0.2) is 4.79 Å². The minimum absolute atomic E-state index is 0.101. The summed E-state index contributed by atoms with van der Waals surface area (Å²) in [6, 6.07) is 4.30. The lowest BCUT2D eigenvalue weighted by molar-refractivity contribution is -0.274. The summed E-state index contributed by atoms with van der Waals surface area (Å²) >= 11 is 0. The molecule has 1 aromatic carbocycles. The number of aliphatic hydroxyl groups is 1. The van der Waals surface area contributed by atoms with Gasteiger partial charge in [-0.05, 0) is 24.6 Å². The molecule has 0 spiro atoms. The van der Waals surface area contributed by atoms with Crippen molar-refractivity contribution in [2.45, 2.75) is 18.9 Å². The molecular weight excluding hydrogens is 253 g/mol. The van der Waals surface area contributed by atoms with E-state index < -0.39 is 23.7 Å². The van der Waals surface area contributed by atoms with Crippen molar-refractivity contribution in [2.75, 3.05) is 7.11 Å². The van der Waals surface area contributed by atoms with E-state index in [0.717, 1.165) is 31.4 Å². The summed E-state index contributed by atoms with van der Waals surface area (Å²) < 4.78 is 43.8. The Morgan fingerprint density at radius 1 is 1.22 bits per heavy atom. The fourth-order valence-corrected chi connectivity index (χ4v) is 1.30. The van der Waals surface area contributed by atoms with Crippen LogP contribution >= 0.6 is 0 Å². The van der Waals surface area contributed by atoms with E-state index in [1.807, 2.05) is 0 Å². The Balaban J connectivity index is 2.92. The molecule has 18 heavy (non-hydrogen) atoms. The summed E-state index contributed by atoms with van der Waals surface area (Å²) in [6.07, 6.45) is -4.79. The van der Waals surface area contributed by atoms with Crippen LogP contribution in [0.2, 0.25) is 0 Å². The second-order valence-electron chi connectivity index (χ2n) is 3.64. The second-order valence-corrected chi connectivity index (χ2v) is 3.64. The zero-order valence-corrected chi connectivity index (χ0v) is 9.62. The first-order valence-electron chi connectivity index (χ1n) is 4.84.